The number of H-pyrrole nitrogens is 1. The fourth-order valence-electron chi connectivity index (χ4n) is 2.68. The number of carbonyl (C=O) groups is 2. The number of fused-ring (bicyclic) bond motifs is 1. The van der Waals surface area contributed by atoms with Crippen molar-refractivity contribution in [2.24, 2.45) is 0 Å². The number of hydrogen-bond acceptors (Lipinski definition) is 2. The summed E-state index contributed by atoms with van der Waals surface area (Å²) in [6.45, 7) is 0.0672. The van der Waals surface area contributed by atoms with Crippen LogP contribution in [0.15, 0.2) is 46.9 Å². The lowest BCUT2D eigenvalue weighted by Crippen LogP contribution is -2.26. The number of aromatic amines is 1. The maximum Gasteiger partial charge on any atom is 0.305 e. The van der Waals surface area contributed by atoms with Crippen LogP contribution < -0.4 is 5.32 Å². The van der Waals surface area contributed by atoms with E-state index in [1.165, 1.54) is 0 Å². The Kier molecular flexibility index (Phi) is 5.98. The zero-order chi connectivity index (χ0) is 19.4. The molecular formula is C20H16BrClN2O3. The summed E-state index contributed by atoms with van der Waals surface area (Å²) in [5, 5.41) is 12.8. The third kappa shape index (κ3) is 4.78. The van der Waals surface area contributed by atoms with Crippen LogP contribution >= 0.6 is 27.5 Å². The topological polar surface area (TPSA) is 82.2 Å². The maximum atomic E-state index is 12.7. The van der Waals surface area contributed by atoms with Gasteiger partial charge in [-0.3, -0.25) is 9.59 Å². The average molecular weight is 448 g/mol. The molecule has 5 nitrogen and oxygen atoms in total. The van der Waals surface area contributed by atoms with Crippen LogP contribution in [0.25, 0.3) is 23.1 Å². The van der Waals surface area contributed by atoms with Crippen LogP contribution in [0.1, 0.15) is 28.0 Å². The molecule has 0 bridgehead atoms. The largest absolute Gasteiger partial charge is 0.481 e. The van der Waals surface area contributed by atoms with Crippen LogP contribution in [0.3, 0.4) is 0 Å². The minimum atomic E-state index is -0.957. The van der Waals surface area contributed by atoms with Gasteiger partial charge in [0.05, 0.1) is 17.7 Å². The van der Waals surface area contributed by atoms with Gasteiger partial charge in [-0.25, -0.2) is 0 Å². The predicted octanol–water partition coefficient (Wildman–Crippen LogP) is 4.96. The van der Waals surface area contributed by atoms with Crippen molar-refractivity contribution in [3.8, 4) is 0 Å². The van der Waals surface area contributed by atoms with E-state index in [-0.39, 0.29) is 18.9 Å². The molecule has 27 heavy (non-hydrogen) atoms. The number of rotatable bonds is 6. The number of halogens is 2. The van der Waals surface area contributed by atoms with Crippen LogP contribution in [0.2, 0.25) is 5.02 Å². The lowest BCUT2D eigenvalue weighted by atomic mass is 10.1. The highest BCUT2D eigenvalue weighted by atomic mass is 79.9. The highest BCUT2D eigenvalue weighted by Gasteiger charge is 2.17. The Hall–Kier alpha value is -2.57. The Morgan fingerprint density at radius 3 is 2.59 bits per heavy atom. The highest BCUT2D eigenvalue weighted by Crippen LogP contribution is 2.27. The Morgan fingerprint density at radius 2 is 1.89 bits per heavy atom. The van der Waals surface area contributed by atoms with Crippen LogP contribution in [0.4, 0.5) is 0 Å². The molecule has 0 aliphatic heterocycles. The van der Waals surface area contributed by atoms with Gasteiger partial charge in [-0.2, -0.15) is 0 Å². The fourth-order valence-corrected chi connectivity index (χ4v) is 3.17. The number of hydrogen-bond donors (Lipinski definition) is 3. The van der Waals surface area contributed by atoms with Crippen LogP contribution in [-0.4, -0.2) is 28.5 Å². The van der Waals surface area contributed by atoms with E-state index in [1.807, 2.05) is 42.5 Å². The van der Waals surface area contributed by atoms with E-state index in [4.69, 9.17) is 16.7 Å². The van der Waals surface area contributed by atoms with Crippen LogP contribution in [-0.2, 0) is 4.79 Å². The van der Waals surface area contributed by atoms with E-state index in [2.05, 4.69) is 26.2 Å². The highest BCUT2D eigenvalue weighted by molar-refractivity contribution is 9.10. The summed E-state index contributed by atoms with van der Waals surface area (Å²) in [5.74, 6) is -1.28. The van der Waals surface area contributed by atoms with Gasteiger partial charge in [0.2, 0.25) is 0 Å². The molecule has 3 aromatic rings. The fraction of sp³-hybridized carbons (Fsp3) is 0.100. The zero-order valence-corrected chi connectivity index (χ0v) is 16.5. The molecule has 0 aliphatic rings. The molecule has 1 amide bonds. The first kappa shape index (κ1) is 19.2. The Balaban J connectivity index is 1.96. The standard InChI is InChI=1S/C20H16BrClN2O3/c21-13-4-7-15-17(11-13)24-16(8-3-12-1-5-14(22)6-2-12)19(15)20(27)23-10-9-18(25)26/h1-8,11,24H,9-10H2,(H,23,27)(H,25,26). The second-order valence-corrected chi connectivity index (χ2v) is 7.24. The molecule has 138 valence electrons. The first-order valence-corrected chi connectivity index (χ1v) is 9.36. The molecule has 3 N–H and O–H groups in total. The van der Waals surface area contributed by atoms with Crippen molar-refractivity contribution in [2.75, 3.05) is 6.54 Å². The minimum absolute atomic E-state index is 0.0672. The molecular weight excluding hydrogens is 432 g/mol. The maximum absolute atomic E-state index is 12.7. The van der Waals surface area contributed by atoms with E-state index in [9.17, 15) is 9.59 Å². The second kappa shape index (κ2) is 8.41. The first-order valence-electron chi connectivity index (χ1n) is 8.19. The van der Waals surface area contributed by atoms with Gasteiger partial charge >= 0.3 is 5.97 Å². The van der Waals surface area contributed by atoms with Crippen molar-refractivity contribution in [1.29, 1.82) is 0 Å². The molecule has 3 rings (SSSR count). The SMILES string of the molecule is O=C(O)CCNC(=O)c1c(C=Cc2ccc(Cl)cc2)[nH]c2cc(Br)ccc12. The van der Waals surface area contributed by atoms with Crippen molar-refractivity contribution in [3.63, 3.8) is 0 Å². The number of nitrogens with one attached hydrogen (secondary N) is 2. The van der Waals surface area contributed by atoms with Crippen molar-refractivity contribution in [3.05, 3.63) is 68.8 Å². The molecule has 1 aromatic heterocycles. The number of aromatic nitrogens is 1. The molecule has 0 aliphatic carbocycles. The van der Waals surface area contributed by atoms with Gasteiger partial charge in [-0.05, 0) is 35.9 Å². The average Bonchev–Trinajstić information content (AvgIpc) is 2.98. The lowest BCUT2D eigenvalue weighted by Gasteiger charge is -2.04. The van der Waals surface area contributed by atoms with Crippen molar-refractivity contribution in [1.82, 2.24) is 10.3 Å². The van der Waals surface area contributed by atoms with Gasteiger partial charge in [0.25, 0.3) is 5.91 Å². The summed E-state index contributed by atoms with van der Waals surface area (Å²) in [6.07, 6.45) is 3.57. The molecule has 0 spiro atoms. The zero-order valence-electron chi connectivity index (χ0n) is 14.1. The predicted molar refractivity (Wildman–Crippen MR) is 111 cm³/mol. The third-order valence-electron chi connectivity index (χ3n) is 3.95. The van der Waals surface area contributed by atoms with Gasteiger partial charge in [0, 0.05) is 26.9 Å². The molecule has 0 radical (unpaired) electrons. The summed E-state index contributed by atoms with van der Waals surface area (Å²) in [7, 11) is 0. The normalized spacial score (nSPS) is 11.2. The lowest BCUT2D eigenvalue weighted by molar-refractivity contribution is -0.136. The number of carboxylic acids is 1. The van der Waals surface area contributed by atoms with E-state index in [1.54, 1.807) is 12.1 Å². The summed E-state index contributed by atoms with van der Waals surface area (Å²) in [5.41, 5.74) is 2.87. The molecule has 0 fully saturated rings. The Bertz CT molecular complexity index is 1030. The quantitative estimate of drug-likeness (QED) is 0.499. The van der Waals surface area contributed by atoms with Crippen molar-refractivity contribution < 1.29 is 14.7 Å². The van der Waals surface area contributed by atoms with Gasteiger partial charge in [0.1, 0.15) is 0 Å². The van der Waals surface area contributed by atoms with E-state index in [0.717, 1.165) is 20.9 Å². The first-order chi connectivity index (χ1) is 12.9. The number of benzene rings is 2. The second-order valence-electron chi connectivity index (χ2n) is 5.89. The number of amides is 1. The molecule has 0 unspecified atom stereocenters. The number of carboxylic acid groups (broad SMARTS) is 1. The smallest absolute Gasteiger partial charge is 0.305 e. The summed E-state index contributed by atoms with van der Waals surface area (Å²) >= 11 is 9.33. The minimum Gasteiger partial charge on any atom is -0.481 e. The van der Waals surface area contributed by atoms with E-state index >= 15 is 0 Å². The van der Waals surface area contributed by atoms with Gasteiger partial charge < -0.3 is 15.4 Å². The molecule has 0 atom stereocenters. The van der Waals surface area contributed by atoms with E-state index < -0.39 is 5.97 Å². The summed E-state index contributed by atoms with van der Waals surface area (Å²) in [6, 6.07) is 12.9. The number of aliphatic carboxylic acids is 1. The molecule has 7 heteroatoms. The third-order valence-corrected chi connectivity index (χ3v) is 4.70. The van der Waals surface area contributed by atoms with Gasteiger partial charge in [-0.1, -0.05) is 51.8 Å². The van der Waals surface area contributed by atoms with Crippen molar-refractivity contribution >= 4 is 62.5 Å². The summed E-state index contributed by atoms with van der Waals surface area (Å²) < 4.78 is 0.891. The molecule has 2 aromatic carbocycles. The molecule has 1 heterocycles. The van der Waals surface area contributed by atoms with Crippen LogP contribution in [0, 0.1) is 0 Å². The monoisotopic (exact) mass is 446 g/mol. The Morgan fingerprint density at radius 1 is 1.15 bits per heavy atom. The van der Waals surface area contributed by atoms with Crippen LogP contribution in [0.5, 0.6) is 0 Å². The van der Waals surface area contributed by atoms with E-state index in [0.29, 0.717) is 16.3 Å². The molecule has 0 saturated carbocycles. The van der Waals surface area contributed by atoms with Crippen molar-refractivity contribution in [2.45, 2.75) is 6.42 Å². The molecule has 0 saturated heterocycles. The van der Waals surface area contributed by atoms with Gasteiger partial charge in [-0.15, -0.1) is 0 Å². The summed E-state index contributed by atoms with van der Waals surface area (Å²) in [4.78, 5) is 26.6. The Labute approximate surface area is 169 Å². The van der Waals surface area contributed by atoms with Gasteiger partial charge in [0.15, 0.2) is 0 Å². The number of carbonyl (C=O) groups excluding carboxylic acids is 1.